The van der Waals surface area contributed by atoms with Gasteiger partial charge in [-0.2, -0.15) is 0 Å². The summed E-state index contributed by atoms with van der Waals surface area (Å²) in [7, 11) is 0. The molecule has 0 saturated carbocycles. The highest BCUT2D eigenvalue weighted by atomic mass is 16.3. The van der Waals surface area contributed by atoms with Gasteiger partial charge in [-0.05, 0) is 45.7 Å². The molecule has 0 bridgehead atoms. The van der Waals surface area contributed by atoms with Crippen LogP contribution in [0.15, 0.2) is 12.4 Å². The Morgan fingerprint density at radius 1 is 1.10 bits per heavy atom. The van der Waals surface area contributed by atoms with E-state index in [-0.39, 0.29) is 6.10 Å². The lowest BCUT2D eigenvalue weighted by Gasteiger charge is -2.41. The number of imidazole rings is 1. The highest BCUT2D eigenvalue weighted by Crippen LogP contribution is 2.21. The molecule has 2 aliphatic heterocycles. The molecule has 2 fully saturated rings. The quantitative estimate of drug-likeness (QED) is 0.903. The molecule has 0 amide bonds. The third kappa shape index (κ3) is 3.84. The van der Waals surface area contributed by atoms with Crippen LogP contribution in [0.3, 0.4) is 0 Å². The second kappa shape index (κ2) is 6.90. The minimum atomic E-state index is -0.0558. The molecule has 3 heterocycles. The number of hydrogen-bond acceptors (Lipinski definition) is 4. The van der Waals surface area contributed by atoms with Crippen molar-refractivity contribution in [1.82, 2.24) is 19.4 Å². The molecule has 1 aromatic rings. The molecule has 118 valence electrons. The lowest BCUT2D eigenvalue weighted by molar-refractivity contribution is 0.0382. The van der Waals surface area contributed by atoms with Crippen LogP contribution in [0.1, 0.15) is 31.5 Å². The number of aliphatic hydroxyl groups is 1. The van der Waals surface area contributed by atoms with Crippen LogP contribution >= 0.6 is 0 Å². The molecule has 2 aliphatic rings. The maximum absolute atomic E-state index is 9.61. The van der Waals surface area contributed by atoms with Gasteiger partial charge in [0.25, 0.3) is 0 Å². The Balaban J connectivity index is 1.40. The van der Waals surface area contributed by atoms with Gasteiger partial charge in [-0.1, -0.05) is 0 Å². The molecular formula is C16H28N4O. The van der Waals surface area contributed by atoms with Crippen molar-refractivity contribution in [2.45, 2.75) is 51.3 Å². The van der Waals surface area contributed by atoms with Gasteiger partial charge in [0.2, 0.25) is 0 Å². The third-order valence-corrected chi connectivity index (χ3v) is 5.15. The molecule has 21 heavy (non-hydrogen) atoms. The molecule has 2 saturated heterocycles. The fourth-order valence-electron chi connectivity index (χ4n) is 3.65. The summed E-state index contributed by atoms with van der Waals surface area (Å²) in [6.07, 6.45) is 8.37. The normalized spacial score (nSPS) is 23.7. The molecule has 3 rings (SSSR count). The fourth-order valence-corrected chi connectivity index (χ4v) is 3.65. The van der Waals surface area contributed by atoms with Crippen molar-refractivity contribution in [1.29, 1.82) is 0 Å². The van der Waals surface area contributed by atoms with Crippen LogP contribution < -0.4 is 0 Å². The largest absolute Gasteiger partial charge is 0.393 e. The van der Waals surface area contributed by atoms with E-state index in [2.05, 4.69) is 32.5 Å². The van der Waals surface area contributed by atoms with E-state index in [9.17, 15) is 5.11 Å². The summed E-state index contributed by atoms with van der Waals surface area (Å²) in [5.41, 5.74) is 0. The maximum atomic E-state index is 9.61. The van der Waals surface area contributed by atoms with Gasteiger partial charge < -0.3 is 19.5 Å². The third-order valence-electron chi connectivity index (χ3n) is 5.15. The predicted molar refractivity (Wildman–Crippen MR) is 83.2 cm³/mol. The van der Waals surface area contributed by atoms with Crippen molar-refractivity contribution in [3.05, 3.63) is 18.2 Å². The first kappa shape index (κ1) is 15.0. The number of aromatic nitrogens is 2. The summed E-state index contributed by atoms with van der Waals surface area (Å²) in [4.78, 5) is 9.46. The van der Waals surface area contributed by atoms with E-state index in [1.807, 2.05) is 6.20 Å². The van der Waals surface area contributed by atoms with Gasteiger partial charge in [-0.3, -0.25) is 0 Å². The Kier molecular flexibility index (Phi) is 4.93. The molecule has 5 nitrogen and oxygen atoms in total. The Morgan fingerprint density at radius 3 is 2.43 bits per heavy atom. The van der Waals surface area contributed by atoms with Gasteiger partial charge in [-0.25, -0.2) is 4.98 Å². The minimum Gasteiger partial charge on any atom is -0.393 e. The zero-order chi connectivity index (χ0) is 14.7. The number of aryl methyl sites for hydroxylation is 1. The molecule has 1 aromatic heterocycles. The number of likely N-dealkylation sites (tertiary alicyclic amines) is 2. The Morgan fingerprint density at radius 2 is 1.81 bits per heavy atom. The van der Waals surface area contributed by atoms with Crippen LogP contribution in [0.5, 0.6) is 0 Å². The predicted octanol–water partition coefficient (Wildman–Crippen LogP) is 1.11. The monoisotopic (exact) mass is 292 g/mol. The van der Waals surface area contributed by atoms with Crippen molar-refractivity contribution in [3.8, 4) is 0 Å². The van der Waals surface area contributed by atoms with E-state index < -0.39 is 0 Å². The number of aliphatic hydroxyl groups excluding tert-OH is 1. The molecular weight excluding hydrogens is 264 g/mol. The molecule has 0 aliphatic carbocycles. The van der Waals surface area contributed by atoms with E-state index in [1.54, 1.807) is 0 Å². The molecule has 5 heteroatoms. The van der Waals surface area contributed by atoms with Crippen LogP contribution in [-0.4, -0.2) is 69.3 Å². The van der Waals surface area contributed by atoms with Crippen LogP contribution in [0.25, 0.3) is 0 Å². The zero-order valence-corrected chi connectivity index (χ0v) is 13.1. The molecule has 0 atom stereocenters. The van der Waals surface area contributed by atoms with Crippen molar-refractivity contribution < 1.29 is 5.11 Å². The van der Waals surface area contributed by atoms with Gasteiger partial charge in [0.1, 0.15) is 5.82 Å². The van der Waals surface area contributed by atoms with Crippen LogP contribution in [0, 0.1) is 6.92 Å². The number of nitrogens with zero attached hydrogens (tertiary/aromatic N) is 4. The van der Waals surface area contributed by atoms with E-state index in [0.717, 1.165) is 50.9 Å². The topological polar surface area (TPSA) is 44.5 Å². The number of hydrogen-bond donors (Lipinski definition) is 1. The lowest BCUT2D eigenvalue weighted by Crippen LogP contribution is -2.48. The molecule has 0 aromatic carbocycles. The standard InChI is InChI=1S/C16H28N4O/c1-14-17-6-11-19(14)13-12-18-7-2-15(3-8-18)20-9-4-16(21)5-10-20/h6,11,15-16,21H,2-5,7-10,12-13H2,1H3. The molecule has 0 radical (unpaired) electrons. The molecule has 0 spiro atoms. The first-order chi connectivity index (χ1) is 10.2. The molecule has 0 unspecified atom stereocenters. The smallest absolute Gasteiger partial charge is 0.105 e. The van der Waals surface area contributed by atoms with Crippen molar-refractivity contribution in [2.24, 2.45) is 0 Å². The molecule has 1 N–H and O–H groups in total. The summed E-state index contributed by atoms with van der Waals surface area (Å²) >= 11 is 0. The van der Waals surface area contributed by atoms with Gasteiger partial charge in [0.15, 0.2) is 0 Å². The van der Waals surface area contributed by atoms with Gasteiger partial charge >= 0.3 is 0 Å². The van der Waals surface area contributed by atoms with Crippen molar-refractivity contribution >= 4 is 0 Å². The maximum Gasteiger partial charge on any atom is 0.105 e. The summed E-state index contributed by atoms with van der Waals surface area (Å²) in [6, 6.07) is 0.740. The SMILES string of the molecule is Cc1nccn1CCN1CCC(N2CCC(O)CC2)CC1. The second-order valence-electron chi connectivity index (χ2n) is 6.51. The Labute approximate surface area is 127 Å². The van der Waals surface area contributed by atoms with Crippen molar-refractivity contribution in [2.75, 3.05) is 32.7 Å². The van der Waals surface area contributed by atoms with Gasteiger partial charge in [-0.15, -0.1) is 0 Å². The van der Waals surface area contributed by atoms with Crippen LogP contribution in [0.2, 0.25) is 0 Å². The Bertz CT molecular complexity index is 431. The van der Waals surface area contributed by atoms with E-state index in [4.69, 9.17) is 0 Å². The van der Waals surface area contributed by atoms with E-state index in [0.29, 0.717) is 0 Å². The second-order valence-corrected chi connectivity index (χ2v) is 6.51. The summed E-state index contributed by atoms with van der Waals surface area (Å²) < 4.78 is 2.23. The zero-order valence-electron chi connectivity index (χ0n) is 13.1. The number of rotatable bonds is 4. The van der Waals surface area contributed by atoms with Gasteiger partial charge in [0, 0.05) is 44.6 Å². The van der Waals surface area contributed by atoms with Gasteiger partial charge in [0.05, 0.1) is 6.10 Å². The fraction of sp³-hybridized carbons (Fsp3) is 0.812. The summed E-state index contributed by atoms with van der Waals surface area (Å²) in [5, 5.41) is 9.61. The van der Waals surface area contributed by atoms with E-state index in [1.165, 1.54) is 25.9 Å². The lowest BCUT2D eigenvalue weighted by atomic mass is 9.99. The number of piperidine rings is 2. The highest BCUT2D eigenvalue weighted by molar-refractivity contribution is 4.89. The highest BCUT2D eigenvalue weighted by Gasteiger charge is 2.27. The first-order valence-electron chi connectivity index (χ1n) is 8.34. The van der Waals surface area contributed by atoms with Crippen molar-refractivity contribution in [3.63, 3.8) is 0 Å². The van der Waals surface area contributed by atoms with E-state index >= 15 is 0 Å². The minimum absolute atomic E-state index is 0.0558. The van der Waals surface area contributed by atoms with Crippen LogP contribution in [-0.2, 0) is 6.54 Å². The average molecular weight is 292 g/mol. The average Bonchev–Trinajstić information content (AvgIpc) is 2.92. The summed E-state index contributed by atoms with van der Waals surface area (Å²) in [5.74, 6) is 1.11. The summed E-state index contributed by atoms with van der Waals surface area (Å²) in [6.45, 7) is 8.82. The first-order valence-corrected chi connectivity index (χ1v) is 8.34. The van der Waals surface area contributed by atoms with Crippen LogP contribution in [0.4, 0.5) is 0 Å². The Hall–Kier alpha value is -0.910.